The van der Waals surface area contributed by atoms with E-state index in [4.69, 9.17) is 26.3 Å². The maximum Gasteiger partial charge on any atom is 0.251 e. The van der Waals surface area contributed by atoms with Gasteiger partial charge < -0.3 is 25.0 Å². The highest BCUT2D eigenvalue weighted by atomic mass is 35.5. The number of nitrogens with one attached hydrogen (secondary N) is 2. The molecule has 0 atom stereocenters. The molecule has 0 aliphatic rings. The maximum atomic E-state index is 14.8. The lowest BCUT2D eigenvalue weighted by Gasteiger charge is -2.13. The molecule has 41 heavy (non-hydrogen) atoms. The maximum absolute atomic E-state index is 14.8. The second-order valence-electron chi connectivity index (χ2n) is 9.32. The number of fused-ring (bicyclic) bond motifs is 1. The molecule has 214 valence electrons. The number of halogens is 2. The van der Waals surface area contributed by atoms with E-state index in [1.54, 1.807) is 41.2 Å². The van der Waals surface area contributed by atoms with Crippen molar-refractivity contribution in [1.82, 2.24) is 24.6 Å². The molecule has 2 N–H and O–H groups in total. The number of anilines is 2. The molecule has 10 nitrogen and oxygen atoms in total. The van der Waals surface area contributed by atoms with Crippen LogP contribution in [0.3, 0.4) is 0 Å². The van der Waals surface area contributed by atoms with Gasteiger partial charge in [0.2, 0.25) is 0 Å². The molecule has 0 aliphatic carbocycles. The topological polar surface area (TPSA) is 117 Å². The van der Waals surface area contributed by atoms with Crippen LogP contribution in [0.1, 0.15) is 22.8 Å². The summed E-state index contributed by atoms with van der Waals surface area (Å²) < 4.78 is 27.2. The smallest absolute Gasteiger partial charge is 0.251 e. The first-order valence-electron chi connectivity index (χ1n) is 13.0. The van der Waals surface area contributed by atoms with Crippen LogP contribution in [-0.4, -0.2) is 72.2 Å². The zero-order valence-corrected chi connectivity index (χ0v) is 23.8. The van der Waals surface area contributed by atoms with E-state index in [-0.39, 0.29) is 23.3 Å². The zero-order chi connectivity index (χ0) is 29.4. The summed E-state index contributed by atoms with van der Waals surface area (Å²) in [5, 5.41) is 14.7. The number of carbonyl (C=O) groups excluding carboxylic acids is 1. The molecule has 2 heterocycles. The Bertz CT molecular complexity index is 1570. The number of likely N-dealkylation sites (N-methyl/N-ethyl adjacent to an activating group) is 1. The van der Waals surface area contributed by atoms with Gasteiger partial charge in [-0.3, -0.25) is 9.20 Å². The van der Waals surface area contributed by atoms with Crippen molar-refractivity contribution < 1.29 is 18.7 Å². The van der Waals surface area contributed by atoms with E-state index in [1.165, 1.54) is 6.07 Å². The molecular formula is C29H31ClFN7O3. The highest BCUT2D eigenvalue weighted by Gasteiger charge is 2.19. The van der Waals surface area contributed by atoms with E-state index >= 15 is 0 Å². The Balaban J connectivity index is 1.50. The van der Waals surface area contributed by atoms with Gasteiger partial charge in [0.15, 0.2) is 29.6 Å². The van der Waals surface area contributed by atoms with Crippen LogP contribution >= 0.6 is 11.6 Å². The first-order valence-corrected chi connectivity index (χ1v) is 13.4. The minimum Gasteiger partial charge on any atom is -0.476 e. The van der Waals surface area contributed by atoms with Gasteiger partial charge in [0.05, 0.1) is 30.1 Å². The highest BCUT2D eigenvalue weighted by molar-refractivity contribution is 6.33. The van der Waals surface area contributed by atoms with Crippen molar-refractivity contribution in [3.8, 4) is 23.1 Å². The average Bonchev–Trinajstić information content (AvgIpc) is 3.40. The summed E-state index contributed by atoms with van der Waals surface area (Å²) in [7, 11) is 3.96. The predicted molar refractivity (Wildman–Crippen MR) is 155 cm³/mol. The standard InChI is InChI=1S/C29H31ClFN7O3/c1-4-19-17-20(5-6-21(19)29(39)34-11-15-40-16-13-37(2)3)36-27-28-35-18-23(38(28)12-10-33-27)22-7-8-24(41-14-9-32)26(31)25(22)30/h5-8,10,12,17-18H,4,11,13-16H2,1-3H3,(H,33,36)(H,34,39). The van der Waals surface area contributed by atoms with Gasteiger partial charge in [-0.25, -0.2) is 14.4 Å². The van der Waals surface area contributed by atoms with Crippen molar-refractivity contribution in [1.29, 1.82) is 5.26 Å². The van der Waals surface area contributed by atoms with Crippen molar-refractivity contribution in [2.75, 3.05) is 52.3 Å². The quantitative estimate of drug-likeness (QED) is 0.219. The minimum absolute atomic E-state index is 0.102. The second kappa shape index (κ2) is 13.9. The molecule has 0 saturated heterocycles. The van der Waals surface area contributed by atoms with Crippen LogP contribution in [-0.2, 0) is 11.2 Å². The minimum atomic E-state index is -0.755. The van der Waals surface area contributed by atoms with E-state index in [9.17, 15) is 9.18 Å². The third-order valence-electron chi connectivity index (χ3n) is 6.25. The van der Waals surface area contributed by atoms with Crippen molar-refractivity contribution in [2.24, 2.45) is 0 Å². The van der Waals surface area contributed by atoms with Crippen molar-refractivity contribution in [2.45, 2.75) is 13.3 Å². The Hall–Kier alpha value is -4.24. The monoisotopic (exact) mass is 579 g/mol. The molecule has 0 aliphatic heterocycles. The van der Waals surface area contributed by atoms with Crippen LogP contribution in [0.25, 0.3) is 16.9 Å². The lowest BCUT2D eigenvalue weighted by Crippen LogP contribution is -2.29. The summed E-state index contributed by atoms with van der Waals surface area (Å²) in [5.41, 5.74) is 3.66. The number of benzene rings is 2. The third-order valence-corrected chi connectivity index (χ3v) is 6.62. The van der Waals surface area contributed by atoms with Crippen LogP contribution in [0.5, 0.6) is 5.75 Å². The summed E-state index contributed by atoms with van der Waals surface area (Å²) in [6.07, 6.45) is 5.53. The number of rotatable bonds is 13. The third kappa shape index (κ3) is 7.10. The van der Waals surface area contributed by atoms with Crippen molar-refractivity contribution >= 4 is 34.7 Å². The van der Waals surface area contributed by atoms with Gasteiger partial charge in [0, 0.05) is 42.3 Å². The number of imidazole rings is 1. The number of ether oxygens (including phenoxy) is 2. The Morgan fingerprint density at radius 1 is 1.22 bits per heavy atom. The van der Waals surface area contributed by atoms with Gasteiger partial charge >= 0.3 is 0 Å². The van der Waals surface area contributed by atoms with Gasteiger partial charge in [-0.2, -0.15) is 5.26 Å². The second-order valence-corrected chi connectivity index (χ2v) is 9.70. The van der Waals surface area contributed by atoms with Crippen LogP contribution in [0.2, 0.25) is 5.02 Å². The van der Waals surface area contributed by atoms with Gasteiger partial charge in [-0.1, -0.05) is 18.5 Å². The molecule has 0 unspecified atom stereocenters. The molecule has 0 radical (unpaired) electrons. The summed E-state index contributed by atoms with van der Waals surface area (Å²) in [5.74, 6) is -0.542. The summed E-state index contributed by atoms with van der Waals surface area (Å²) in [6.45, 7) is 3.99. The number of aryl methyl sites for hydroxylation is 1. The van der Waals surface area contributed by atoms with E-state index in [0.717, 1.165) is 17.8 Å². The van der Waals surface area contributed by atoms with Gasteiger partial charge in [-0.15, -0.1) is 0 Å². The summed E-state index contributed by atoms with van der Waals surface area (Å²) >= 11 is 6.33. The fraction of sp³-hybridized carbons (Fsp3) is 0.310. The van der Waals surface area contributed by atoms with Crippen LogP contribution in [0.15, 0.2) is 48.9 Å². The fourth-order valence-corrected chi connectivity index (χ4v) is 4.41. The molecule has 2 aromatic heterocycles. The number of hydrogen-bond acceptors (Lipinski definition) is 8. The van der Waals surface area contributed by atoms with E-state index in [2.05, 4.69) is 20.6 Å². The van der Waals surface area contributed by atoms with Crippen molar-refractivity contribution in [3.63, 3.8) is 0 Å². The lowest BCUT2D eigenvalue weighted by molar-refractivity contribution is 0.0899. The number of nitrogens with zero attached hydrogens (tertiary/aromatic N) is 5. The predicted octanol–water partition coefficient (Wildman–Crippen LogP) is 4.71. The van der Waals surface area contributed by atoms with Crippen LogP contribution in [0.4, 0.5) is 15.9 Å². The molecule has 0 fully saturated rings. The Morgan fingerprint density at radius 2 is 2.05 bits per heavy atom. The molecule has 1 amide bonds. The van der Waals surface area contributed by atoms with Gasteiger partial charge in [-0.05, 0) is 56.4 Å². The Labute approximate surface area is 242 Å². The Morgan fingerprint density at radius 3 is 2.80 bits per heavy atom. The number of amides is 1. The molecule has 4 rings (SSSR count). The normalized spacial score (nSPS) is 11.0. The largest absolute Gasteiger partial charge is 0.476 e. The first-order chi connectivity index (χ1) is 19.8. The molecule has 12 heteroatoms. The van der Waals surface area contributed by atoms with Crippen molar-refractivity contribution in [3.05, 3.63) is 70.9 Å². The van der Waals surface area contributed by atoms with Crippen LogP contribution < -0.4 is 15.4 Å². The highest BCUT2D eigenvalue weighted by Crippen LogP contribution is 2.36. The number of aromatic nitrogens is 3. The first kappa shape index (κ1) is 29.7. The molecule has 0 saturated carbocycles. The Kier molecular flexibility index (Phi) is 10.1. The molecule has 4 aromatic rings. The number of nitriles is 1. The number of carbonyl (C=O) groups is 1. The average molecular weight is 580 g/mol. The SMILES string of the molecule is CCc1cc(Nc2nccn3c(-c4ccc(OCC#N)c(F)c4Cl)cnc23)ccc1C(=O)NCCOCCN(C)C. The molecule has 0 spiro atoms. The fourth-order valence-electron chi connectivity index (χ4n) is 4.16. The molecule has 0 bridgehead atoms. The van der Waals surface area contributed by atoms with E-state index in [1.807, 2.05) is 38.1 Å². The summed E-state index contributed by atoms with van der Waals surface area (Å²) in [4.78, 5) is 23.8. The van der Waals surface area contributed by atoms with Crippen LogP contribution in [0, 0.1) is 17.1 Å². The van der Waals surface area contributed by atoms with Gasteiger partial charge in [0.25, 0.3) is 5.91 Å². The zero-order valence-electron chi connectivity index (χ0n) is 23.1. The van der Waals surface area contributed by atoms with E-state index in [0.29, 0.717) is 54.5 Å². The molecule has 2 aromatic carbocycles. The lowest BCUT2D eigenvalue weighted by atomic mass is 10.0. The molecular weight excluding hydrogens is 549 g/mol. The number of hydrogen-bond donors (Lipinski definition) is 2. The van der Waals surface area contributed by atoms with E-state index < -0.39 is 5.82 Å². The van der Waals surface area contributed by atoms with Gasteiger partial charge in [0.1, 0.15) is 6.07 Å². The summed E-state index contributed by atoms with van der Waals surface area (Å²) in [6, 6.07) is 10.3.